The van der Waals surface area contributed by atoms with E-state index in [1.54, 1.807) is 0 Å². The molecule has 0 aliphatic carbocycles. The van der Waals surface area contributed by atoms with Crippen LogP contribution in [0.15, 0.2) is 18.5 Å². The Morgan fingerprint density at radius 2 is 1.73 bits per heavy atom. The van der Waals surface area contributed by atoms with Crippen molar-refractivity contribution in [3.63, 3.8) is 0 Å². The van der Waals surface area contributed by atoms with Crippen molar-refractivity contribution in [2.45, 2.75) is 0 Å². The lowest BCUT2D eigenvalue weighted by atomic mass is 10.2. The van der Waals surface area contributed by atoms with Gasteiger partial charge in [-0.05, 0) is 0 Å². The van der Waals surface area contributed by atoms with Gasteiger partial charge in [0.15, 0.2) is 11.0 Å². The van der Waals surface area contributed by atoms with Crippen molar-refractivity contribution in [2.24, 2.45) is 0 Å². The van der Waals surface area contributed by atoms with E-state index >= 15 is 0 Å². The van der Waals surface area contributed by atoms with Crippen LogP contribution >= 0.6 is 0 Å². The lowest BCUT2D eigenvalue weighted by molar-refractivity contribution is -0.386. The van der Waals surface area contributed by atoms with Crippen LogP contribution in [0.1, 0.15) is 0 Å². The molecule has 2 aromatic rings. The summed E-state index contributed by atoms with van der Waals surface area (Å²) in [6.45, 7) is 0. The maximum Gasteiger partial charge on any atom is 0.297 e. The first-order chi connectivity index (χ1) is 7.11. The summed E-state index contributed by atoms with van der Waals surface area (Å²) in [6, 6.07) is 2.15. The average molecular weight is 208 g/mol. The van der Waals surface area contributed by atoms with Gasteiger partial charge in [0, 0.05) is 12.1 Å². The van der Waals surface area contributed by atoms with E-state index in [0.29, 0.717) is 0 Å². The van der Waals surface area contributed by atoms with Crippen LogP contribution in [0, 0.1) is 20.2 Å². The number of nitro benzene ring substituents is 2. The van der Waals surface area contributed by atoms with Gasteiger partial charge >= 0.3 is 0 Å². The molecule has 76 valence electrons. The minimum absolute atomic E-state index is 0.00537. The highest BCUT2D eigenvalue weighted by Gasteiger charge is 2.21. The number of fused-ring (bicyclic) bond motifs is 1. The maximum absolute atomic E-state index is 10.6. The lowest BCUT2D eigenvalue weighted by Gasteiger charge is -1.94. The van der Waals surface area contributed by atoms with Crippen molar-refractivity contribution in [3.05, 3.63) is 38.7 Å². The molecule has 0 aliphatic heterocycles. The molecule has 0 unspecified atom stereocenters. The molecule has 8 heteroatoms. The first kappa shape index (κ1) is 9.06. The number of non-ortho nitro benzene ring substituents is 2. The second kappa shape index (κ2) is 3.01. The number of hydrogen-bond donors (Lipinski definition) is 1. The Hall–Kier alpha value is -2.51. The van der Waals surface area contributed by atoms with Gasteiger partial charge in [-0.1, -0.05) is 0 Å². The van der Waals surface area contributed by atoms with Crippen LogP contribution in [0.2, 0.25) is 0 Å². The molecule has 0 amide bonds. The summed E-state index contributed by atoms with van der Waals surface area (Å²) in [5.41, 5.74) is -0.423. The van der Waals surface area contributed by atoms with Crippen LogP contribution in [0.25, 0.3) is 11.0 Å². The molecule has 0 spiro atoms. The molecule has 0 radical (unpaired) electrons. The normalized spacial score (nSPS) is 10.4. The quantitative estimate of drug-likeness (QED) is 0.591. The molecule has 0 fully saturated rings. The summed E-state index contributed by atoms with van der Waals surface area (Å²) < 4.78 is 0. The molecule has 0 saturated carbocycles. The monoisotopic (exact) mass is 208 g/mol. The fourth-order valence-corrected chi connectivity index (χ4v) is 1.30. The van der Waals surface area contributed by atoms with Crippen LogP contribution in [0.3, 0.4) is 0 Å². The predicted octanol–water partition coefficient (Wildman–Crippen LogP) is 1.38. The SMILES string of the molecule is O=[N+]([O-])c1ccc([N+](=O)[O-])c2[nH]cnc12. The van der Waals surface area contributed by atoms with E-state index in [4.69, 9.17) is 0 Å². The third kappa shape index (κ3) is 1.27. The van der Waals surface area contributed by atoms with Gasteiger partial charge in [0.1, 0.15) is 0 Å². The number of imidazole rings is 1. The number of H-pyrrole nitrogens is 1. The van der Waals surface area contributed by atoms with Crippen molar-refractivity contribution in [1.82, 2.24) is 9.97 Å². The van der Waals surface area contributed by atoms with Crippen molar-refractivity contribution in [1.29, 1.82) is 0 Å². The number of rotatable bonds is 2. The Morgan fingerprint density at radius 3 is 2.33 bits per heavy atom. The third-order valence-electron chi connectivity index (χ3n) is 1.93. The van der Waals surface area contributed by atoms with Gasteiger partial charge in [0.25, 0.3) is 11.4 Å². The van der Waals surface area contributed by atoms with Gasteiger partial charge in [0.2, 0.25) is 0 Å². The number of hydrogen-bond acceptors (Lipinski definition) is 5. The third-order valence-corrected chi connectivity index (χ3v) is 1.93. The van der Waals surface area contributed by atoms with Crippen LogP contribution in [0.5, 0.6) is 0 Å². The summed E-state index contributed by atoms with van der Waals surface area (Å²) in [5.74, 6) is 0. The Labute approximate surface area is 81.8 Å². The van der Waals surface area contributed by atoms with E-state index in [2.05, 4.69) is 9.97 Å². The lowest BCUT2D eigenvalue weighted by Crippen LogP contribution is -1.93. The number of aromatic nitrogens is 2. The first-order valence-corrected chi connectivity index (χ1v) is 3.86. The maximum atomic E-state index is 10.6. The summed E-state index contributed by atoms with van der Waals surface area (Å²) in [5, 5.41) is 21.2. The van der Waals surface area contributed by atoms with Gasteiger partial charge in [-0.15, -0.1) is 0 Å². The first-order valence-electron chi connectivity index (χ1n) is 3.86. The molecule has 1 aromatic carbocycles. The molecule has 2 rings (SSSR count). The van der Waals surface area contributed by atoms with E-state index in [1.165, 1.54) is 6.33 Å². The van der Waals surface area contributed by atoms with E-state index in [9.17, 15) is 20.2 Å². The number of nitrogens with zero attached hydrogens (tertiary/aromatic N) is 3. The average Bonchev–Trinajstić information content (AvgIpc) is 2.63. The number of nitro groups is 2. The predicted molar refractivity (Wildman–Crippen MR) is 49.4 cm³/mol. The highest BCUT2D eigenvalue weighted by atomic mass is 16.6. The van der Waals surface area contributed by atoms with Crippen LogP contribution in [0.4, 0.5) is 11.4 Å². The van der Waals surface area contributed by atoms with Crippen molar-refractivity contribution >= 4 is 22.4 Å². The van der Waals surface area contributed by atoms with E-state index in [-0.39, 0.29) is 22.4 Å². The van der Waals surface area contributed by atoms with E-state index in [0.717, 1.165) is 12.1 Å². The topological polar surface area (TPSA) is 115 Å². The fraction of sp³-hybridized carbons (Fsp3) is 0. The Bertz CT molecular complexity index is 513. The summed E-state index contributed by atoms with van der Waals surface area (Å²) >= 11 is 0. The molecule has 0 bridgehead atoms. The zero-order valence-electron chi connectivity index (χ0n) is 7.21. The van der Waals surface area contributed by atoms with Crippen LogP contribution in [-0.4, -0.2) is 19.8 Å². The molecule has 1 N–H and O–H groups in total. The minimum Gasteiger partial charge on any atom is -0.339 e. The largest absolute Gasteiger partial charge is 0.339 e. The molecule has 0 aliphatic rings. The van der Waals surface area contributed by atoms with Gasteiger partial charge in [-0.2, -0.15) is 0 Å². The Balaban J connectivity index is 2.82. The molecule has 1 aromatic heterocycles. The summed E-state index contributed by atoms with van der Waals surface area (Å²) in [6.07, 6.45) is 1.19. The minimum atomic E-state index is -0.632. The molecule has 8 nitrogen and oxygen atoms in total. The Kier molecular flexibility index (Phi) is 1.82. The summed E-state index contributed by atoms with van der Waals surface area (Å²) in [4.78, 5) is 26.1. The van der Waals surface area contributed by atoms with Gasteiger partial charge < -0.3 is 4.98 Å². The molecule has 1 heterocycles. The molecular formula is C7H4N4O4. The number of nitrogens with one attached hydrogen (secondary N) is 1. The zero-order valence-corrected chi connectivity index (χ0v) is 7.21. The number of aromatic amines is 1. The fourth-order valence-electron chi connectivity index (χ4n) is 1.30. The Morgan fingerprint density at radius 1 is 1.13 bits per heavy atom. The standard InChI is InChI=1S/C7H4N4O4/c12-10(13)4-1-2-5(11(14)15)7-6(4)8-3-9-7/h1-3H,(H,8,9). The van der Waals surface area contributed by atoms with Gasteiger partial charge in [0.05, 0.1) is 16.2 Å². The second-order valence-electron chi connectivity index (χ2n) is 2.74. The molecular weight excluding hydrogens is 204 g/mol. The van der Waals surface area contributed by atoms with E-state index in [1.807, 2.05) is 0 Å². The highest BCUT2D eigenvalue weighted by molar-refractivity contribution is 5.91. The van der Waals surface area contributed by atoms with Crippen molar-refractivity contribution in [2.75, 3.05) is 0 Å². The van der Waals surface area contributed by atoms with E-state index < -0.39 is 9.85 Å². The molecule has 0 atom stereocenters. The van der Waals surface area contributed by atoms with Crippen molar-refractivity contribution < 1.29 is 9.85 Å². The van der Waals surface area contributed by atoms with Crippen molar-refractivity contribution in [3.8, 4) is 0 Å². The molecule has 15 heavy (non-hydrogen) atoms. The highest BCUT2D eigenvalue weighted by Crippen LogP contribution is 2.29. The smallest absolute Gasteiger partial charge is 0.297 e. The zero-order chi connectivity index (χ0) is 11.0. The molecule has 0 saturated heterocycles. The van der Waals surface area contributed by atoms with Gasteiger partial charge in [-0.3, -0.25) is 20.2 Å². The van der Waals surface area contributed by atoms with Crippen LogP contribution < -0.4 is 0 Å². The summed E-state index contributed by atoms with van der Waals surface area (Å²) in [7, 11) is 0. The second-order valence-corrected chi connectivity index (χ2v) is 2.74. The van der Waals surface area contributed by atoms with Gasteiger partial charge in [-0.25, -0.2) is 4.98 Å². The number of benzene rings is 1. The van der Waals surface area contributed by atoms with Crippen LogP contribution in [-0.2, 0) is 0 Å².